The normalized spacial score (nSPS) is 31.8. The minimum atomic E-state index is -3.26. The molecule has 0 N–H and O–H groups in total. The van der Waals surface area contributed by atoms with Crippen molar-refractivity contribution >= 4 is 32.7 Å². The van der Waals surface area contributed by atoms with Crippen LogP contribution < -0.4 is 0 Å². The molecule has 0 heterocycles. The van der Waals surface area contributed by atoms with Crippen LogP contribution >= 0.6 is 22.6 Å². The van der Waals surface area contributed by atoms with Gasteiger partial charge in [-0.25, -0.2) is 0 Å². The lowest BCUT2D eigenvalue weighted by atomic mass is 9.98. The van der Waals surface area contributed by atoms with Crippen molar-refractivity contribution in [3.05, 3.63) is 0 Å². The van der Waals surface area contributed by atoms with E-state index in [-0.39, 0.29) is 6.10 Å². The summed E-state index contributed by atoms with van der Waals surface area (Å²) in [6.07, 6.45) is 5.25. The van der Waals surface area contributed by atoms with Crippen molar-refractivity contribution in [2.75, 3.05) is 6.26 Å². The van der Waals surface area contributed by atoms with Gasteiger partial charge in [0.1, 0.15) is 0 Å². The van der Waals surface area contributed by atoms with Gasteiger partial charge < -0.3 is 0 Å². The molecule has 0 radical (unpaired) electrons. The molecule has 1 aliphatic rings. The predicted octanol–water partition coefficient (Wildman–Crippen LogP) is 1.71. The third-order valence-corrected chi connectivity index (χ3v) is 3.94. The summed E-state index contributed by atoms with van der Waals surface area (Å²) in [5, 5.41) is 0. The van der Waals surface area contributed by atoms with Gasteiger partial charge in [-0.2, -0.15) is 8.42 Å². The van der Waals surface area contributed by atoms with Crippen LogP contribution in [0.3, 0.4) is 0 Å². The fraction of sp³-hybridized carbons (Fsp3) is 1.00. The summed E-state index contributed by atoms with van der Waals surface area (Å²) in [6, 6.07) is 0. The highest BCUT2D eigenvalue weighted by molar-refractivity contribution is 14.1. The first-order valence-electron chi connectivity index (χ1n) is 4.01. The van der Waals surface area contributed by atoms with Gasteiger partial charge in [-0.3, -0.25) is 4.18 Å². The molecule has 0 aromatic heterocycles. The number of hydrogen-bond acceptors (Lipinski definition) is 3. The van der Waals surface area contributed by atoms with Crippen molar-refractivity contribution in [1.82, 2.24) is 0 Å². The Balaban J connectivity index is 2.50. The fourth-order valence-corrected chi connectivity index (χ4v) is 3.21. The van der Waals surface area contributed by atoms with Gasteiger partial charge in [-0.05, 0) is 12.8 Å². The number of hydrogen-bond donors (Lipinski definition) is 0. The molecule has 0 saturated heterocycles. The molecule has 1 fully saturated rings. The molecule has 1 saturated carbocycles. The predicted molar refractivity (Wildman–Crippen MR) is 56.0 cm³/mol. The average molecular weight is 304 g/mol. The summed E-state index contributed by atoms with van der Waals surface area (Å²) < 4.78 is 26.9. The van der Waals surface area contributed by atoms with Crippen molar-refractivity contribution in [3.8, 4) is 0 Å². The molecule has 0 unspecified atom stereocenters. The van der Waals surface area contributed by atoms with E-state index in [0.29, 0.717) is 3.92 Å². The Labute approximate surface area is 87.1 Å². The molecule has 3 nitrogen and oxygen atoms in total. The summed E-state index contributed by atoms with van der Waals surface area (Å²) in [5.41, 5.74) is 0. The maximum Gasteiger partial charge on any atom is 0.264 e. The summed E-state index contributed by atoms with van der Waals surface area (Å²) in [4.78, 5) is 0. The first kappa shape index (κ1) is 10.7. The van der Waals surface area contributed by atoms with E-state index in [1.165, 1.54) is 6.42 Å². The second-order valence-corrected chi connectivity index (χ2v) is 6.34. The standard InChI is InChI=1S/C7H13IO3S/c1-12(9,10)11-7-5-3-2-4-6(7)8/h6-7H,2-5H2,1H3/t6-,7-/m1/s1. The second-order valence-electron chi connectivity index (χ2n) is 3.14. The van der Waals surface area contributed by atoms with E-state index in [1.54, 1.807) is 0 Å². The number of alkyl halides is 1. The van der Waals surface area contributed by atoms with Gasteiger partial charge in [0.25, 0.3) is 10.1 Å². The largest absolute Gasteiger partial charge is 0.266 e. The van der Waals surface area contributed by atoms with Gasteiger partial charge in [-0.15, -0.1) is 0 Å². The average Bonchev–Trinajstić information content (AvgIpc) is 1.91. The second kappa shape index (κ2) is 4.23. The van der Waals surface area contributed by atoms with Gasteiger partial charge in [-0.1, -0.05) is 35.4 Å². The summed E-state index contributed by atoms with van der Waals surface area (Å²) in [5.74, 6) is 0. The number of halogens is 1. The molecule has 2 atom stereocenters. The van der Waals surface area contributed by atoms with Crippen LogP contribution in [0.4, 0.5) is 0 Å². The van der Waals surface area contributed by atoms with Gasteiger partial charge >= 0.3 is 0 Å². The minimum absolute atomic E-state index is 0.0886. The quantitative estimate of drug-likeness (QED) is 0.443. The molecule has 5 heteroatoms. The Kier molecular flexibility index (Phi) is 3.78. The van der Waals surface area contributed by atoms with Crippen LogP contribution in [0, 0.1) is 0 Å². The Bertz CT molecular complexity index is 237. The first-order valence-corrected chi connectivity index (χ1v) is 7.07. The molecule has 12 heavy (non-hydrogen) atoms. The molecule has 0 aliphatic heterocycles. The molecule has 72 valence electrons. The third-order valence-electron chi connectivity index (χ3n) is 1.92. The van der Waals surface area contributed by atoms with E-state index in [1.807, 2.05) is 0 Å². The topological polar surface area (TPSA) is 43.4 Å². The summed E-state index contributed by atoms with van der Waals surface area (Å²) in [7, 11) is -3.26. The van der Waals surface area contributed by atoms with E-state index in [0.717, 1.165) is 25.5 Å². The highest BCUT2D eigenvalue weighted by atomic mass is 127. The van der Waals surface area contributed by atoms with Crippen LogP contribution in [0.2, 0.25) is 0 Å². The van der Waals surface area contributed by atoms with Crippen molar-refractivity contribution in [3.63, 3.8) is 0 Å². The van der Waals surface area contributed by atoms with Gasteiger partial charge in [0.15, 0.2) is 0 Å². The van der Waals surface area contributed by atoms with E-state index < -0.39 is 10.1 Å². The molecular weight excluding hydrogens is 291 g/mol. The lowest BCUT2D eigenvalue weighted by Crippen LogP contribution is -2.29. The van der Waals surface area contributed by atoms with Gasteiger partial charge in [0, 0.05) is 3.92 Å². The number of rotatable bonds is 2. The van der Waals surface area contributed by atoms with Crippen LogP contribution in [0.1, 0.15) is 25.7 Å². The Morgan fingerprint density at radius 1 is 1.33 bits per heavy atom. The summed E-state index contributed by atoms with van der Waals surface area (Å²) >= 11 is 2.27. The maximum absolute atomic E-state index is 10.8. The van der Waals surface area contributed by atoms with Crippen molar-refractivity contribution in [2.24, 2.45) is 0 Å². The lowest BCUT2D eigenvalue weighted by Gasteiger charge is -2.25. The Hall–Kier alpha value is 0.640. The first-order chi connectivity index (χ1) is 5.49. The fourth-order valence-electron chi connectivity index (χ4n) is 1.38. The molecule has 0 aromatic rings. The van der Waals surface area contributed by atoms with E-state index >= 15 is 0 Å². The zero-order valence-electron chi connectivity index (χ0n) is 6.99. The van der Waals surface area contributed by atoms with Crippen molar-refractivity contribution < 1.29 is 12.6 Å². The zero-order chi connectivity index (χ0) is 9.19. The van der Waals surface area contributed by atoms with Crippen molar-refractivity contribution in [1.29, 1.82) is 0 Å². The van der Waals surface area contributed by atoms with E-state index in [4.69, 9.17) is 4.18 Å². The van der Waals surface area contributed by atoms with Crippen LogP contribution in [0.5, 0.6) is 0 Å². The molecule has 0 spiro atoms. The molecule has 1 rings (SSSR count). The highest BCUT2D eigenvalue weighted by Gasteiger charge is 2.26. The Morgan fingerprint density at radius 2 is 1.92 bits per heavy atom. The maximum atomic E-state index is 10.8. The van der Waals surface area contributed by atoms with E-state index in [2.05, 4.69) is 22.6 Å². The van der Waals surface area contributed by atoms with Crippen LogP contribution in [-0.4, -0.2) is 24.7 Å². The van der Waals surface area contributed by atoms with Crippen molar-refractivity contribution in [2.45, 2.75) is 35.7 Å². The third kappa shape index (κ3) is 3.57. The lowest BCUT2D eigenvalue weighted by molar-refractivity contribution is 0.176. The van der Waals surface area contributed by atoms with Crippen LogP contribution in [-0.2, 0) is 14.3 Å². The van der Waals surface area contributed by atoms with Gasteiger partial charge in [0.2, 0.25) is 0 Å². The molecular formula is C7H13IO3S. The molecule has 0 amide bonds. The molecule has 0 bridgehead atoms. The monoisotopic (exact) mass is 304 g/mol. The smallest absolute Gasteiger partial charge is 0.264 e. The van der Waals surface area contributed by atoms with Crippen LogP contribution in [0.15, 0.2) is 0 Å². The molecule has 1 aliphatic carbocycles. The Morgan fingerprint density at radius 3 is 2.42 bits per heavy atom. The van der Waals surface area contributed by atoms with Crippen LogP contribution in [0.25, 0.3) is 0 Å². The van der Waals surface area contributed by atoms with Gasteiger partial charge in [0.05, 0.1) is 12.4 Å². The zero-order valence-corrected chi connectivity index (χ0v) is 9.97. The molecule has 0 aromatic carbocycles. The highest BCUT2D eigenvalue weighted by Crippen LogP contribution is 2.27. The SMILES string of the molecule is CS(=O)(=O)O[C@@H]1CCCC[C@H]1I. The summed E-state index contributed by atoms with van der Waals surface area (Å²) in [6.45, 7) is 0. The van der Waals surface area contributed by atoms with E-state index in [9.17, 15) is 8.42 Å². The minimum Gasteiger partial charge on any atom is -0.266 e.